The molecule has 2 rings (SSSR count). The van der Waals surface area contributed by atoms with Gasteiger partial charge in [-0.15, -0.1) is 0 Å². The number of nitrogens with one attached hydrogen (secondary N) is 1. The van der Waals surface area contributed by atoms with Gasteiger partial charge in [0.05, 0.1) is 11.1 Å². The van der Waals surface area contributed by atoms with Gasteiger partial charge in [0.25, 0.3) is 0 Å². The predicted octanol–water partition coefficient (Wildman–Crippen LogP) is 3.72. The minimum absolute atomic E-state index is 0.358. The lowest BCUT2D eigenvalue weighted by atomic mass is 10.0. The summed E-state index contributed by atoms with van der Waals surface area (Å²) in [6.07, 6.45) is 1.03. The number of fused-ring (bicyclic) bond motifs is 1. The van der Waals surface area contributed by atoms with E-state index in [2.05, 4.69) is 31.1 Å². The van der Waals surface area contributed by atoms with Gasteiger partial charge >= 0.3 is 0 Å². The molecule has 0 saturated carbocycles. The molecule has 106 valence electrons. The highest BCUT2D eigenvalue weighted by molar-refractivity contribution is 7.80. The number of para-hydroxylation sites is 1. The summed E-state index contributed by atoms with van der Waals surface area (Å²) in [5.74, 6) is 1.31. The quantitative estimate of drug-likeness (QED) is 0.823. The van der Waals surface area contributed by atoms with E-state index in [4.69, 9.17) is 18.0 Å². The molecule has 0 amide bonds. The van der Waals surface area contributed by atoms with Crippen LogP contribution in [0.15, 0.2) is 30.3 Å². The van der Waals surface area contributed by atoms with Crippen molar-refractivity contribution in [3.63, 3.8) is 0 Å². The zero-order valence-corrected chi connectivity index (χ0v) is 13.0. The van der Waals surface area contributed by atoms with Crippen molar-refractivity contribution in [2.45, 2.75) is 33.2 Å². The molecule has 2 aromatic rings. The van der Waals surface area contributed by atoms with E-state index in [9.17, 15) is 0 Å². The van der Waals surface area contributed by atoms with E-state index in [1.165, 1.54) is 0 Å². The maximum absolute atomic E-state index is 5.85. The van der Waals surface area contributed by atoms with E-state index in [1.807, 2.05) is 30.3 Å². The van der Waals surface area contributed by atoms with E-state index in [-0.39, 0.29) is 0 Å². The Balaban J connectivity index is 2.49. The third-order valence-electron chi connectivity index (χ3n) is 3.56. The summed E-state index contributed by atoms with van der Waals surface area (Å²) < 4.78 is 0. The number of hydrogen-bond donors (Lipinski definition) is 2. The van der Waals surface area contributed by atoms with Crippen molar-refractivity contribution in [2.24, 2.45) is 11.7 Å². The smallest absolute Gasteiger partial charge is 0.137 e. The fourth-order valence-electron chi connectivity index (χ4n) is 2.33. The second-order valence-corrected chi connectivity index (χ2v) is 5.78. The molecular weight excluding hydrogens is 266 g/mol. The van der Waals surface area contributed by atoms with E-state index in [1.54, 1.807) is 0 Å². The molecule has 3 nitrogen and oxygen atoms in total. The third-order valence-corrected chi connectivity index (χ3v) is 3.78. The molecule has 1 unspecified atom stereocenters. The Labute approximate surface area is 125 Å². The second kappa shape index (κ2) is 6.18. The Kier molecular flexibility index (Phi) is 4.55. The average molecular weight is 287 g/mol. The topological polar surface area (TPSA) is 50.9 Å². The van der Waals surface area contributed by atoms with E-state index >= 15 is 0 Å². The van der Waals surface area contributed by atoms with Crippen molar-refractivity contribution in [3.05, 3.63) is 35.9 Å². The summed E-state index contributed by atoms with van der Waals surface area (Å²) >= 11 is 5.17. The van der Waals surface area contributed by atoms with Gasteiger partial charge in [-0.25, -0.2) is 4.98 Å². The zero-order chi connectivity index (χ0) is 14.7. The minimum atomic E-state index is 0.358. The summed E-state index contributed by atoms with van der Waals surface area (Å²) in [5.41, 5.74) is 7.62. The lowest BCUT2D eigenvalue weighted by Crippen LogP contribution is -2.27. The number of nitrogens with zero attached hydrogens (tertiary/aromatic N) is 1. The number of benzene rings is 1. The molecule has 0 spiro atoms. The van der Waals surface area contributed by atoms with Gasteiger partial charge in [0, 0.05) is 11.4 Å². The van der Waals surface area contributed by atoms with Crippen LogP contribution >= 0.6 is 12.2 Å². The van der Waals surface area contributed by atoms with Gasteiger partial charge in [-0.1, -0.05) is 51.2 Å². The summed E-state index contributed by atoms with van der Waals surface area (Å²) in [6.45, 7) is 6.56. The van der Waals surface area contributed by atoms with Crippen LogP contribution in [0.1, 0.15) is 32.8 Å². The second-order valence-electron chi connectivity index (χ2n) is 5.34. The highest BCUT2D eigenvalue weighted by Gasteiger charge is 2.15. The van der Waals surface area contributed by atoms with Crippen molar-refractivity contribution in [2.75, 3.05) is 5.32 Å². The number of anilines is 1. The first-order valence-corrected chi connectivity index (χ1v) is 7.40. The maximum Gasteiger partial charge on any atom is 0.137 e. The van der Waals surface area contributed by atoms with Gasteiger partial charge in [0.15, 0.2) is 0 Å². The third kappa shape index (κ3) is 3.07. The first kappa shape index (κ1) is 14.7. The van der Waals surface area contributed by atoms with E-state index in [0.717, 1.165) is 28.7 Å². The van der Waals surface area contributed by atoms with Crippen LogP contribution in [0.5, 0.6) is 0 Å². The number of nitrogens with two attached hydrogens (primary N) is 1. The fourth-order valence-corrected chi connectivity index (χ4v) is 2.49. The predicted molar refractivity (Wildman–Crippen MR) is 90.2 cm³/mol. The van der Waals surface area contributed by atoms with Crippen LogP contribution in [0.4, 0.5) is 5.82 Å². The van der Waals surface area contributed by atoms with Crippen LogP contribution in [-0.2, 0) is 0 Å². The number of hydrogen-bond acceptors (Lipinski definition) is 3. The zero-order valence-electron chi connectivity index (χ0n) is 12.2. The number of aromatic nitrogens is 1. The van der Waals surface area contributed by atoms with Gasteiger partial charge in [-0.3, -0.25) is 0 Å². The Bertz CT molecular complexity index is 622. The molecule has 0 aliphatic heterocycles. The van der Waals surface area contributed by atoms with Gasteiger partial charge < -0.3 is 11.1 Å². The van der Waals surface area contributed by atoms with E-state index in [0.29, 0.717) is 16.9 Å². The molecular formula is C16H21N3S. The number of thiocarbonyl (C=S) groups is 1. The molecule has 1 aromatic heterocycles. The lowest BCUT2D eigenvalue weighted by molar-refractivity contribution is 0.510. The van der Waals surface area contributed by atoms with Crippen molar-refractivity contribution < 1.29 is 0 Å². The molecule has 0 saturated heterocycles. The number of pyridine rings is 1. The lowest BCUT2D eigenvalue weighted by Gasteiger charge is -2.23. The van der Waals surface area contributed by atoms with Crippen molar-refractivity contribution >= 4 is 33.9 Å². The Morgan fingerprint density at radius 1 is 1.35 bits per heavy atom. The van der Waals surface area contributed by atoms with Gasteiger partial charge in [0.1, 0.15) is 10.8 Å². The molecule has 3 N–H and O–H groups in total. The molecule has 0 aliphatic rings. The normalized spacial score (nSPS) is 12.6. The van der Waals surface area contributed by atoms with Crippen LogP contribution in [0.3, 0.4) is 0 Å². The van der Waals surface area contributed by atoms with Crippen molar-refractivity contribution in [1.29, 1.82) is 0 Å². The first-order valence-electron chi connectivity index (χ1n) is 6.99. The van der Waals surface area contributed by atoms with Crippen molar-refractivity contribution in [1.82, 2.24) is 4.98 Å². The van der Waals surface area contributed by atoms with Gasteiger partial charge in [-0.05, 0) is 24.5 Å². The van der Waals surface area contributed by atoms with Crippen molar-refractivity contribution in [3.8, 4) is 0 Å². The molecule has 0 bridgehead atoms. The monoisotopic (exact) mass is 287 g/mol. The molecule has 1 aromatic carbocycles. The standard InChI is InChI=1S/C16H21N3S/c1-4-13(10(2)3)18-16-12(15(17)20)9-11-7-5-6-8-14(11)19-16/h5-10,13H,4H2,1-3H3,(H2,17,20)(H,18,19). The average Bonchev–Trinajstić information content (AvgIpc) is 2.43. The summed E-state index contributed by atoms with van der Waals surface area (Å²) in [4.78, 5) is 5.07. The Morgan fingerprint density at radius 3 is 2.65 bits per heavy atom. The first-order chi connectivity index (χ1) is 9.52. The van der Waals surface area contributed by atoms with Gasteiger partial charge in [-0.2, -0.15) is 0 Å². The largest absolute Gasteiger partial charge is 0.389 e. The molecule has 0 radical (unpaired) electrons. The number of rotatable bonds is 5. The Hall–Kier alpha value is -1.68. The molecule has 20 heavy (non-hydrogen) atoms. The molecule has 1 heterocycles. The Morgan fingerprint density at radius 2 is 2.05 bits per heavy atom. The SMILES string of the molecule is CCC(Nc1nc2ccccc2cc1C(N)=S)C(C)C. The highest BCUT2D eigenvalue weighted by Crippen LogP contribution is 2.23. The summed E-state index contributed by atoms with van der Waals surface area (Å²) in [5, 5.41) is 4.55. The van der Waals surface area contributed by atoms with E-state index < -0.39 is 0 Å². The highest BCUT2D eigenvalue weighted by atomic mass is 32.1. The molecule has 0 fully saturated rings. The van der Waals surface area contributed by atoms with Crippen LogP contribution in [-0.4, -0.2) is 16.0 Å². The van der Waals surface area contributed by atoms with Crippen LogP contribution in [0.2, 0.25) is 0 Å². The van der Waals surface area contributed by atoms with Crippen LogP contribution in [0.25, 0.3) is 10.9 Å². The van der Waals surface area contributed by atoms with Crippen LogP contribution in [0, 0.1) is 5.92 Å². The van der Waals surface area contributed by atoms with Gasteiger partial charge in [0.2, 0.25) is 0 Å². The minimum Gasteiger partial charge on any atom is -0.389 e. The molecule has 1 atom stereocenters. The fraction of sp³-hybridized carbons (Fsp3) is 0.375. The maximum atomic E-state index is 5.85. The summed E-state index contributed by atoms with van der Waals surface area (Å²) in [6, 6.07) is 10.4. The molecule has 0 aliphatic carbocycles. The van der Waals surface area contributed by atoms with Crippen LogP contribution < -0.4 is 11.1 Å². The molecule has 4 heteroatoms. The summed E-state index contributed by atoms with van der Waals surface area (Å²) in [7, 11) is 0.